The highest BCUT2D eigenvalue weighted by atomic mass is 16.5. The van der Waals surface area contributed by atoms with Crippen molar-refractivity contribution in [3.05, 3.63) is 35.4 Å². The van der Waals surface area contributed by atoms with E-state index in [1.165, 1.54) is 7.11 Å². The average Bonchev–Trinajstić information content (AvgIpc) is 2.57. The van der Waals surface area contributed by atoms with Crippen molar-refractivity contribution in [3.63, 3.8) is 0 Å². The van der Waals surface area contributed by atoms with Gasteiger partial charge in [0.05, 0.1) is 12.7 Å². The minimum absolute atomic E-state index is 0.00998. The van der Waals surface area contributed by atoms with Crippen LogP contribution in [0.1, 0.15) is 43.6 Å². The Kier molecular flexibility index (Phi) is 6.42. The molecular formula is C19H29N3O3. The number of methoxy groups -OCH3 is 1. The number of ether oxygens (including phenoxy) is 1. The van der Waals surface area contributed by atoms with Crippen LogP contribution in [0.5, 0.6) is 0 Å². The minimum atomic E-state index is -0.321. The van der Waals surface area contributed by atoms with E-state index in [-0.39, 0.29) is 30.1 Å². The molecule has 138 valence electrons. The predicted molar refractivity (Wildman–Crippen MR) is 97.5 cm³/mol. The van der Waals surface area contributed by atoms with E-state index in [4.69, 9.17) is 4.74 Å². The van der Waals surface area contributed by atoms with Gasteiger partial charge in [0.25, 0.3) is 0 Å². The standard InChI is InChI=1S/C19H29N3O3/c1-13(2)20-19(24)21-10-14(3)22(15(4)11-21)12-16-6-8-17(9-7-16)18(23)25-5/h6-9,13-15H,10-12H2,1-5H3,(H,20,24)/t14-,15+. The second-order valence-electron chi connectivity index (χ2n) is 7.07. The van der Waals surface area contributed by atoms with Gasteiger partial charge >= 0.3 is 12.0 Å². The van der Waals surface area contributed by atoms with Crippen molar-refractivity contribution in [1.29, 1.82) is 0 Å². The molecule has 0 bridgehead atoms. The van der Waals surface area contributed by atoms with Gasteiger partial charge in [-0.05, 0) is 45.4 Å². The fraction of sp³-hybridized carbons (Fsp3) is 0.579. The molecule has 0 saturated carbocycles. The van der Waals surface area contributed by atoms with E-state index in [1.54, 1.807) is 12.1 Å². The quantitative estimate of drug-likeness (QED) is 0.850. The Balaban J connectivity index is 1.99. The van der Waals surface area contributed by atoms with Crippen LogP contribution in [0.15, 0.2) is 24.3 Å². The van der Waals surface area contributed by atoms with Gasteiger partial charge in [-0.3, -0.25) is 4.90 Å². The molecule has 0 aliphatic carbocycles. The molecular weight excluding hydrogens is 318 g/mol. The molecule has 1 aromatic rings. The molecule has 6 nitrogen and oxygen atoms in total. The van der Waals surface area contributed by atoms with Crippen LogP contribution in [-0.2, 0) is 11.3 Å². The maximum absolute atomic E-state index is 12.2. The lowest BCUT2D eigenvalue weighted by atomic mass is 10.1. The zero-order valence-corrected chi connectivity index (χ0v) is 15.8. The number of benzene rings is 1. The Labute approximate surface area is 150 Å². The van der Waals surface area contributed by atoms with E-state index < -0.39 is 0 Å². The molecule has 1 fully saturated rings. The molecule has 25 heavy (non-hydrogen) atoms. The summed E-state index contributed by atoms with van der Waals surface area (Å²) >= 11 is 0. The third-order valence-electron chi connectivity index (χ3n) is 4.54. The highest BCUT2D eigenvalue weighted by Crippen LogP contribution is 2.19. The van der Waals surface area contributed by atoms with Crippen molar-refractivity contribution < 1.29 is 14.3 Å². The number of rotatable bonds is 4. The van der Waals surface area contributed by atoms with E-state index in [1.807, 2.05) is 30.9 Å². The topological polar surface area (TPSA) is 61.9 Å². The van der Waals surface area contributed by atoms with Gasteiger partial charge in [0.15, 0.2) is 0 Å². The molecule has 1 saturated heterocycles. The number of amides is 2. The number of carbonyl (C=O) groups is 2. The van der Waals surface area contributed by atoms with E-state index in [0.29, 0.717) is 18.7 Å². The van der Waals surface area contributed by atoms with Crippen LogP contribution in [0.4, 0.5) is 4.79 Å². The van der Waals surface area contributed by atoms with Gasteiger partial charge in [-0.1, -0.05) is 12.1 Å². The molecule has 6 heteroatoms. The molecule has 1 aliphatic heterocycles. The Hall–Kier alpha value is -2.08. The average molecular weight is 347 g/mol. The van der Waals surface area contributed by atoms with Gasteiger partial charge in [-0.25, -0.2) is 9.59 Å². The largest absolute Gasteiger partial charge is 0.465 e. The maximum Gasteiger partial charge on any atom is 0.337 e. The molecule has 2 amide bonds. The lowest BCUT2D eigenvalue weighted by molar-refractivity contribution is 0.0488. The highest BCUT2D eigenvalue weighted by Gasteiger charge is 2.31. The molecule has 1 heterocycles. The summed E-state index contributed by atoms with van der Waals surface area (Å²) < 4.78 is 4.73. The maximum atomic E-state index is 12.2. The number of esters is 1. The van der Waals surface area contributed by atoms with Crippen molar-refractivity contribution in [3.8, 4) is 0 Å². The molecule has 1 N–H and O–H groups in total. The van der Waals surface area contributed by atoms with Crippen molar-refractivity contribution in [2.75, 3.05) is 20.2 Å². The molecule has 2 rings (SSSR count). The van der Waals surface area contributed by atoms with Crippen molar-refractivity contribution in [2.24, 2.45) is 0 Å². The monoisotopic (exact) mass is 347 g/mol. The Morgan fingerprint density at radius 2 is 1.72 bits per heavy atom. The first-order chi connectivity index (χ1) is 11.8. The van der Waals surface area contributed by atoms with Crippen LogP contribution in [-0.4, -0.2) is 60.1 Å². The minimum Gasteiger partial charge on any atom is -0.465 e. The predicted octanol–water partition coefficient (Wildman–Crippen LogP) is 2.49. The smallest absolute Gasteiger partial charge is 0.337 e. The highest BCUT2D eigenvalue weighted by molar-refractivity contribution is 5.89. The molecule has 0 unspecified atom stereocenters. The van der Waals surface area contributed by atoms with Crippen LogP contribution in [0.25, 0.3) is 0 Å². The first-order valence-electron chi connectivity index (χ1n) is 8.80. The van der Waals surface area contributed by atoms with Gasteiger partial charge in [0.1, 0.15) is 0 Å². The lowest BCUT2D eigenvalue weighted by Gasteiger charge is -2.44. The lowest BCUT2D eigenvalue weighted by Crippen LogP contribution is -2.59. The summed E-state index contributed by atoms with van der Waals surface area (Å²) in [7, 11) is 1.38. The Morgan fingerprint density at radius 1 is 1.16 bits per heavy atom. The van der Waals surface area contributed by atoms with Crippen LogP contribution >= 0.6 is 0 Å². The number of urea groups is 1. The van der Waals surface area contributed by atoms with E-state index in [9.17, 15) is 9.59 Å². The van der Waals surface area contributed by atoms with Gasteiger partial charge < -0.3 is 15.0 Å². The molecule has 2 atom stereocenters. The third kappa shape index (κ3) is 4.95. The van der Waals surface area contributed by atoms with E-state index in [0.717, 1.165) is 12.1 Å². The summed E-state index contributed by atoms with van der Waals surface area (Å²) in [6.07, 6.45) is 0. The van der Waals surface area contributed by atoms with Crippen molar-refractivity contribution >= 4 is 12.0 Å². The van der Waals surface area contributed by atoms with Gasteiger partial charge in [0.2, 0.25) is 0 Å². The number of nitrogens with zero attached hydrogens (tertiary/aromatic N) is 2. The summed E-state index contributed by atoms with van der Waals surface area (Å²) in [6, 6.07) is 8.20. The fourth-order valence-corrected chi connectivity index (χ4v) is 3.25. The first kappa shape index (κ1) is 19.2. The second-order valence-corrected chi connectivity index (χ2v) is 7.07. The summed E-state index contributed by atoms with van der Waals surface area (Å²) in [6.45, 7) is 10.5. The molecule has 0 aromatic heterocycles. The Bertz CT molecular complexity index is 588. The summed E-state index contributed by atoms with van der Waals surface area (Å²) in [5, 5.41) is 2.97. The van der Waals surface area contributed by atoms with Gasteiger partial charge in [0, 0.05) is 37.8 Å². The fourth-order valence-electron chi connectivity index (χ4n) is 3.25. The molecule has 1 aromatic carbocycles. The van der Waals surface area contributed by atoms with Crippen LogP contribution in [0.3, 0.4) is 0 Å². The third-order valence-corrected chi connectivity index (χ3v) is 4.54. The van der Waals surface area contributed by atoms with Crippen molar-refractivity contribution in [2.45, 2.75) is 52.4 Å². The van der Waals surface area contributed by atoms with Gasteiger partial charge in [-0.15, -0.1) is 0 Å². The first-order valence-corrected chi connectivity index (χ1v) is 8.80. The van der Waals surface area contributed by atoms with Crippen molar-refractivity contribution in [1.82, 2.24) is 15.1 Å². The number of hydrogen-bond acceptors (Lipinski definition) is 4. The normalized spacial score (nSPS) is 21.3. The summed E-state index contributed by atoms with van der Waals surface area (Å²) in [4.78, 5) is 28.1. The summed E-state index contributed by atoms with van der Waals surface area (Å²) in [5.41, 5.74) is 1.70. The SMILES string of the molecule is COC(=O)c1ccc(CN2[C@H](C)CN(C(=O)NC(C)C)C[C@@H]2C)cc1. The van der Waals surface area contributed by atoms with Crippen LogP contribution in [0, 0.1) is 0 Å². The van der Waals surface area contributed by atoms with Crippen LogP contribution in [0.2, 0.25) is 0 Å². The number of nitrogens with one attached hydrogen (secondary N) is 1. The second kappa shape index (κ2) is 8.34. The van der Waals surface area contributed by atoms with E-state index in [2.05, 4.69) is 24.1 Å². The zero-order valence-electron chi connectivity index (χ0n) is 15.8. The molecule has 0 radical (unpaired) electrons. The molecule has 1 aliphatic rings. The van der Waals surface area contributed by atoms with Gasteiger partial charge in [-0.2, -0.15) is 0 Å². The number of carbonyl (C=O) groups excluding carboxylic acids is 2. The molecule has 0 spiro atoms. The Morgan fingerprint density at radius 3 is 2.20 bits per heavy atom. The number of hydrogen-bond donors (Lipinski definition) is 1. The zero-order chi connectivity index (χ0) is 18.6. The number of piperazine rings is 1. The van der Waals surface area contributed by atoms with Crippen LogP contribution < -0.4 is 5.32 Å². The summed E-state index contributed by atoms with van der Waals surface area (Å²) in [5.74, 6) is -0.321. The van der Waals surface area contributed by atoms with E-state index >= 15 is 0 Å².